The van der Waals surface area contributed by atoms with Gasteiger partial charge in [0.15, 0.2) is 6.29 Å². The summed E-state index contributed by atoms with van der Waals surface area (Å²) in [6.45, 7) is 0.696. The Morgan fingerprint density at radius 1 is 1.57 bits per heavy atom. The maximum Gasteiger partial charge on any atom is 0.217 e. The molecule has 0 saturated carbocycles. The number of imidazole rings is 1. The first-order valence-electron chi connectivity index (χ1n) is 4.47. The standard InChI is InChI=1S/C9H13N3O2/c10-9(14)3-1-2-4-12-7-11-5-8(12)6-13/h5-7H,1-4H2,(H2,10,14). The number of hydrogen-bond acceptors (Lipinski definition) is 3. The number of aldehydes is 1. The summed E-state index contributed by atoms with van der Waals surface area (Å²) in [5.41, 5.74) is 5.55. The molecule has 5 nitrogen and oxygen atoms in total. The topological polar surface area (TPSA) is 78.0 Å². The van der Waals surface area contributed by atoms with Gasteiger partial charge in [0.2, 0.25) is 5.91 Å². The minimum absolute atomic E-state index is 0.286. The molecular weight excluding hydrogens is 182 g/mol. The molecule has 0 aliphatic heterocycles. The normalized spacial score (nSPS) is 10.0. The molecule has 0 radical (unpaired) electrons. The number of hydrogen-bond donors (Lipinski definition) is 1. The predicted octanol–water partition coefficient (Wildman–Crippen LogP) is 0.351. The summed E-state index contributed by atoms with van der Waals surface area (Å²) in [5.74, 6) is -0.286. The van der Waals surface area contributed by atoms with Gasteiger partial charge in [-0.2, -0.15) is 0 Å². The lowest BCUT2D eigenvalue weighted by atomic mass is 10.2. The number of primary amides is 1. The summed E-state index contributed by atoms with van der Waals surface area (Å²) in [4.78, 5) is 24.8. The lowest BCUT2D eigenvalue weighted by Gasteiger charge is -2.02. The molecule has 14 heavy (non-hydrogen) atoms. The molecule has 0 aliphatic rings. The second-order valence-corrected chi connectivity index (χ2v) is 3.05. The molecule has 1 aromatic rings. The molecule has 0 unspecified atom stereocenters. The molecule has 1 aromatic heterocycles. The molecule has 0 aromatic carbocycles. The van der Waals surface area contributed by atoms with Crippen molar-refractivity contribution in [1.29, 1.82) is 0 Å². The SMILES string of the molecule is NC(=O)CCCCn1cncc1C=O. The number of unbranched alkanes of at least 4 members (excludes halogenated alkanes) is 1. The predicted molar refractivity (Wildman–Crippen MR) is 50.7 cm³/mol. The second kappa shape index (κ2) is 5.16. The molecule has 0 fully saturated rings. The quantitative estimate of drug-likeness (QED) is 0.525. The van der Waals surface area contributed by atoms with Crippen LogP contribution in [0.4, 0.5) is 0 Å². The van der Waals surface area contributed by atoms with E-state index < -0.39 is 0 Å². The fourth-order valence-corrected chi connectivity index (χ4v) is 1.20. The van der Waals surface area contributed by atoms with Crippen LogP contribution in [0.15, 0.2) is 12.5 Å². The Balaban J connectivity index is 2.31. The first-order chi connectivity index (χ1) is 6.74. The van der Waals surface area contributed by atoms with Crippen LogP contribution in [-0.2, 0) is 11.3 Å². The number of carbonyl (C=O) groups is 2. The van der Waals surface area contributed by atoms with Gasteiger partial charge in [-0.1, -0.05) is 0 Å². The number of nitrogens with zero attached hydrogens (tertiary/aromatic N) is 2. The number of amides is 1. The van der Waals surface area contributed by atoms with E-state index in [1.807, 2.05) is 0 Å². The zero-order valence-electron chi connectivity index (χ0n) is 7.85. The van der Waals surface area contributed by atoms with E-state index >= 15 is 0 Å². The molecule has 76 valence electrons. The van der Waals surface area contributed by atoms with E-state index in [1.165, 1.54) is 6.20 Å². The van der Waals surface area contributed by atoms with Crippen molar-refractivity contribution in [3.8, 4) is 0 Å². The average molecular weight is 195 g/mol. The maximum absolute atomic E-state index is 10.5. The molecule has 0 saturated heterocycles. The second-order valence-electron chi connectivity index (χ2n) is 3.05. The summed E-state index contributed by atoms with van der Waals surface area (Å²) in [5, 5.41) is 0. The first-order valence-corrected chi connectivity index (χ1v) is 4.47. The van der Waals surface area contributed by atoms with Crippen molar-refractivity contribution in [3.63, 3.8) is 0 Å². The highest BCUT2D eigenvalue weighted by molar-refractivity contribution is 5.73. The smallest absolute Gasteiger partial charge is 0.217 e. The van der Waals surface area contributed by atoms with Gasteiger partial charge in [0.1, 0.15) is 5.69 Å². The Hall–Kier alpha value is -1.65. The van der Waals surface area contributed by atoms with Gasteiger partial charge in [0.25, 0.3) is 0 Å². The van der Waals surface area contributed by atoms with Crippen molar-refractivity contribution < 1.29 is 9.59 Å². The molecule has 2 N–H and O–H groups in total. The molecular formula is C9H13N3O2. The summed E-state index contributed by atoms with van der Waals surface area (Å²) < 4.78 is 1.76. The van der Waals surface area contributed by atoms with E-state index in [2.05, 4.69) is 4.98 Å². The summed E-state index contributed by atoms with van der Waals surface area (Å²) >= 11 is 0. The summed E-state index contributed by atoms with van der Waals surface area (Å²) in [7, 11) is 0. The molecule has 1 amide bonds. The molecule has 0 bridgehead atoms. The van der Waals surface area contributed by atoms with E-state index in [1.54, 1.807) is 10.9 Å². The van der Waals surface area contributed by atoms with E-state index in [0.717, 1.165) is 19.1 Å². The lowest BCUT2D eigenvalue weighted by molar-refractivity contribution is -0.118. The number of carbonyl (C=O) groups excluding carboxylic acids is 2. The van der Waals surface area contributed by atoms with Gasteiger partial charge in [-0.3, -0.25) is 9.59 Å². The third-order valence-corrected chi connectivity index (χ3v) is 1.94. The first kappa shape index (κ1) is 10.4. The van der Waals surface area contributed by atoms with Crippen LogP contribution >= 0.6 is 0 Å². The molecule has 0 aliphatic carbocycles. The van der Waals surface area contributed by atoms with Gasteiger partial charge in [-0.25, -0.2) is 4.98 Å². The number of aromatic nitrogens is 2. The minimum atomic E-state index is -0.286. The third kappa shape index (κ3) is 3.01. The fourth-order valence-electron chi connectivity index (χ4n) is 1.20. The Morgan fingerprint density at radius 3 is 3.00 bits per heavy atom. The van der Waals surface area contributed by atoms with Crippen molar-refractivity contribution >= 4 is 12.2 Å². The summed E-state index contributed by atoms with van der Waals surface area (Å²) in [6, 6.07) is 0. The van der Waals surface area contributed by atoms with Crippen LogP contribution in [0.5, 0.6) is 0 Å². The largest absolute Gasteiger partial charge is 0.370 e. The van der Waals surface area contributed by atoms with E-state index in [0.29, 0.717) is 18.7 Å². The van der Waals surface area contributed by atoms with Crippen LogP contribution in [0.3, 0.4) is 0 Å². The highest BCUT2D eigenvalue weighted by Crippen LogP contribution is 2.01. The minimum Gasteiger partial charge on any atom is -0.370 e. The number of aryl methyl sites for hydroxylation is 1. The molecule has 1 rings (SSSR count). The molecule has 5 heteroatoms. The van der Waals surface area contributed by atoms with Gasteiger partial charge in [-0.15, -0.1) is 0 Å². The van der Waals surface area contributed by atoms with Crippen LogP contribution in [0.1, 0.15) is 29.8 Å². The average Bonchev–Trinajstić information content (AvgIpc) is 2.59. The van der Waals surface area contributed by atoms with Gasteiger partial charge in [0.05, 0.1) is 12.5 Å². The summed E-state index contributed by atoms with van der Waals surface area (Å²) in [6.07, 6.45) is 5.84. The van der Waals surface area contributed by atoms with Crippen molar-refractivity contribution in [3.05, 3.63) is 18.2 Å². The van der Waals surface area contributed by atoms with Crippen LogP contribution in [0.2, 0.25) is 0 Å². The number of nitrogens with two attached hydrogens (primary N) is 1. The molecule has 0 atom stereocenters. The Kier molecular flexibility index (Phi) is 3.84. The lowest BCUT2D eigenvalue weighted by Crippen LogP contribution is -2.10. The van der Waals surface area contributed by atoms with Crippen molar-refractivity contribution in [1.82, 2.24) is 9.55 Å². The Morgan fingerprint density at radius 2 is 2.36 bits per heavy atom. The van der Waals surface area contributed by atoms with E-state index in [4.69, 9.17) is 5.73 Å². The van der Waals surface area contributed by atoms with Gasteiger partial charge < -0.3 is 10.3 Å². The molecule has 0 spiro atoms. The highest BCUT2D eigenvalue weighted by atomic mass is 16.1. The zero-order chi connectivity index (χ0) is 10.4. The van der Waals surface area contributed by atoms with E-state index in [9.17, 15) is 9.59 Å². The van der Waals surface area contributed by atoms with Crippen LogP contribution in [0.25, 0.3) is 0 Å². The van der Waals surface area contributed by atoms with Gasteiger partial charge >= 0.3 is 0 Å². The fraction of sp³-hybridized carbons (Fsp3) is 0.444. The van der Waals surface area contributed by atoms with Crippen molar-refractivity contribution in [2.45, 2.75) is 25.8 Å². The highest BCUT2D eigenvalue weighted by Gasteiger charge is 2.00. The van der Waals surface area contributed by atoms with Crippen LogP contribution in [0, 0.1) is 0 Å². The van der Waals surface area contributed by atoms with Gasteiger partial charge in [-0.05, 0) is 12.8 Å². The molecule has 1 heterocycles. The monoisotopic (exact) mass is 195 g/mol. The maximum atomic E-state index is 10.5. The Bertz CT molecular complexity index is 320. The number of rotatable bonds is 6. The van der Waals surface area contributed by atoms with Crippen molar-refractivity contribution in [2.24, 2.45) is 5.73 Å². The van der Waals surface area contributed by atoms with Crippen LogP contribution in [-0.4, -0.2) is 21.7 Å². The van der Waals surface area contributed by atoms with Crippen molar-refractivity contribution in [2.75, 3.05) is 0 Å². The zero-order valence-corrected chi connectivity index (χ0v) is 7.85. The van der Waals surface area contributed by atoms with Crippen LogP contribution < -0.4 is 5.73 Å². The van der Waals surface area contributed by atoms with E-state index in [-0.39, 0.29) is 5.91 Å². The Labute approximate surface area is 81.9 Å². The van der Waals surface area contributed by atoms with Gasteiger partial charge in [0, 0.05) is 13.0 Å². The third-order valence-electron chi connectivity index (χ3n) is 1.94.